The van der Waals surface area contributed by atoms with Gasteiger partial charge >= 0.3 is 0 Å². The Morgan fingerprint density at radius 3 is 2.82 bits per heavy atom. The topological polar surface area (TPSA) is 64.3 Å². The van der Waals surface area contributed by atoms with Crippen molar-refractivity contribution in [2.75, 3.05) is 12.3 Å². The summed E-state index contributed by atoms with van der Waals surface area (Å²) in [5.74, 6) is 0.740. The Balaban J connectivity index is 2.40. The van der Waals surface area contributed by atoms with Gasteiger partial charge in [-0.25, -0.2) is 0 Å². The van der Waals surface area contributed by atoms with Crippen molar-refractivity contribution in [3.05, 3.63) is 23.8 Å². The van der Waals surface area contributed by atoms with Crippen molar-refractivity contribution in [3.63, 3.8) is 0 Å². The van der Waals surface area contributed by atoms with Crippen molar-refractivity contribution in [1.82, 2.24) is 5.32 Å². The number of amides is 1. The highest BCUT2D eigenvalue weighted by molar-refractivity contribution is 5.76. The molecule has 0 aliphatic rings. The van der Waals surface area contributed by atoms with E-state index >= 15 is 0 Å². The molecular weight excluding hydrogens is 216 g/mol. The lowest BCUT2D eigenvalue weighted by Crippen LogP contribution is -2.31. The number of hydrogen-bond acceptors (Lipinski definition) is 3. The largest absolute Gasteiger partial charge is 0.493 e. The van der Waals surface area contributed by atoms with E-state index in [1.54, 1.807) is 6.07 Å². The Morgan fingerprint density at radius 1 is 1.47 bits per heavy atom. The summed E-state index contributed by atoms with van der Waals surface area (Å²) in [6.45, 7) is 6.17. The van der Waals surface area contributed by atoms with Crippen LogP contribution >= 0.6 is 0 Å². The minimum atomic E-state index is 0.00144. The fourth-order valence-corrected chi connectivity index (χ4v) is 1.42. The van der Waals surface area contributed by atoms with Crippen LogP contribution in [0.25, 0.3) is 0 Å². The minimum absolute atomic E-state index is 0.00144. The molecule has 3 N–H and O–H groups in total. The van der Waals surface area contributed by atoms with E-state index in [1.165, 1.54) is 0 Å². The molecule has 1 aromatic rings. The molecule has 0 aliphatic carbocycles. The average Bonchev–Trinajstić information content (AvgIpc) is 2.22. The molecular formula is C13H20N2O2. The summed E-state index contributed by atoms with van der Waals surface area (Å²) in [7, 11) is 0. The highest BCUT2D eigenvalue weighted by Crippen LogP contribution is 2.20. The number of ether oxygens (including phenoxy) is 1. The molecule has 4 nitrogen and oxygen atoms in total. The minimum Gasteiger partial charge on any atom is -0.493 e. The van der Waals surface area contributed by atoms with Crippen LogP contribution in [-0.4, -0.2) is 18.6 Å². The monoisotopic (exact) mass is 236 g/mol. The van der Waals surface area contributed by atoms with E-state index in [0.29, 0.717) is 18.7 Å². The number of rotatable bonds is 5. The van der Waals surface area contributed by atoms with Gasteiger partial charge in [-0.1, -0.05) is 6.07 Å². The Morgan fingerprint density at radius 2 is 2.18 bits per heavy atom. The molecule has 0 bridgehead atoms. The number of anilines is 1. The van der Waals surface area contributed by atoms with Gasteiger partial charge in [-0.05, 0) is 32.4 Å². The van der Waals surface area contributed by atoms with Crippen molar-refractivity contribution in [3.8, 4) is 5.75 Å². The lowest BCUT2D eigenvalue weighted by Gasteiger charge is -2.11. The highest BCUT2D eigenvalue weighted by atomic mass is 16.5. The zero-order valence-corrected chi connectivity index (χ0v) is 10.6. The predicted molar refractivity (Wildman–Crippen MR) is 69.0 cm³/mol. The van der Waals surface area contributed by atoms with Gasteiger partial charge in [0.25, 0.3) is 0 Å². The summed E-state index contributed by atoms with van der Waals surface area (Å²) in [6.07, 6.45) is 0.354. The van der Waals surface area contributed by atoms with Gasteiger partial charge in [0.2, 0.25) is 5.91 Å². The van der Waals surface area contributed by atoms with Crippen molar-refractivity contribution in [1.29, 1.82) is 0 Å². The van der Waals surface area contributed by atoms with Gasteiger partial charge in [0, 0.05) is 17.8 Å². The summed E-state index contributed by atoms with van der Waals surface area (Å²) in [5.41, 5.74) is 7.35. The Bertz CT molecular complexity index is 389. The van der Waals surface area contributed by atoms with Crippen LogP contribution in [-0.2, 0) is 4.79 Å². The van der Waals surface area contributed by atoms with Gasteiger partial charge in [0.1, 0.15) is 5.75 Å². The first-order chi connectivity index (χ1) is 7.99. The molecule has 0 aromatic heterocycles. The molecule has 0 saturated heterocycles. The SMILES string of the molecule is Cc1ccc(N)cc1OCCC(=O)NC(C)C. The van der Waals surface area contributed by atoms with Crippen LogP contribution in [0.1, 0.15) is 25.8 Å². The number of nitrogens with one attached hydrogen (secondary N) is 1. The number of nitrogens with two attached hydrogens (primary N) is 1. The quantitative estimate of drug-likeness (QED) is 0.767. The van der Waals surface area contributed by atoms with Gasteiger partial charge in [0.05, 0.1) is 13.0 Å². The second-order valence-electron chi connectivity index (χ2n) is 4.35. The van der Waals surface area contributed by atoms with Crippen LogP contribution < -0.4 is 15.8 Å². The maximum atomic E-state index is 11.4. The molecule has 0 atom stereocenters. The number of aryl methyl sites for hydroxylation is 1. The van der Waals surface area contributed by atoms with Crippen LogP contribution in [0, 0.1) is 6.92 Å². The number of carbonyl (C=O) groups is 1. The fraction of sp³-hybridized carbons (Fsp3) is 0.462. The van der Waals surface area contributed by atoms with Crippen molar-refractivity contribution in [2.45, 2.75) is 33.2 Å². The molecule has 0 saturated carbocycles. The lowest BCUT2D eigenvalue weighted by molar-refractivity contribution is -0.122. The highest BCUT2D eigenvalue weighted by Gasteiger charge is 2.05. The molecule has 0 spiro atoms. The maximum Gasteiger partial charge on any atom is 0.223 e. The molecule has 1 aromatic carbocycles. The number of benzene rings is 1. The molecule has 1 rings (SSSR count). The lowest BCUT2D eigenvalue weighted by atomic mass is 10.2. The normalized spacial score (nSPS) is 10.4. The standard InChI is InChI=1S/C13H20N2O2/c1-9(2)15-13(16)6-7-17-12-8-11(14)5-4-10(12)3/h4-5,8-9H,6-7,14H2,1-3H3,(H,15,16). The number of hydrogen-bond donors (Lipinski definition) is 2. The van der Waals surface area contributed by atoms with Gasteiger partial charge in [0.15, 0.2) is 0 Å². The van der Waals surface area contributed by atoms with Crippen LogP contribution in [0.3, 0.4) is 0 Å². The number of carbonyl (C=O) groups excluding carboxylic acids is 1. The molecule has 0 heterocycles. The Labute approximate surface area is 102 Å². The third-order valence-corrected chi connectivity index (χ3v) is 2.25. The number of nitrogen functional groups attached to an aromatic ring is 1. The van der Waals surface area contributed by atoms with Gasteiger partial charge in [-0.3, -0.25) is 4.79 Å². The molecule has 94 valence electrons. The Kier molecular flexibility index (Phi) is 4.82. The van der Waals surface area contributed by atoms with E-state index in [4.69, 9.17) is 10.5 Å². The summed E-state index contributed by atoms with van der Waals surface area (Å²) in [5, 5.41) is 2.81. The molecule has 0 radical (unpaired) electrons. The maximum absolute atomic E-state index is 11.4. The molecule has 4 heteroatoms. The van der Waals surface area contributed by atoms with Crippen molar-refractivity contribution in [2.24, 2.45) is 0 Å². The second kappa shape index (κ2) is 6.13. The summed E-state index contributed by atoms with van der Waals surface area (Å²) >= 11 is 0. The molecule has 17 heavy (non-hydrogen) atoms. The van der Waals surface area contributed by atoms with E-state index in [2.05, 4.69) is 5.32 Å². The van der Waals surface area contributed by atoms with E-state index in [9.17, 15) is 4.79 Å². The van der Waals surface area contributed by atoms with Gasteiger partial charge in [-0.15, -0.1) is 0 Å². The van der Waals surface area contributed by atoms with Crippen LogP contribution in [0.4, 0.5) is 5.69 Å². The fourth-order valence-electron chi connectivity index (χ4n) is 1.42. The first kappa shape index (κ1) is 13.4. The molecule has 0 aliphatic heterocycles. The first-order valence-electron chi connectivity index (χ1n) is 5.77. The predicted octanol–water partition coefficient (Wildman–Crippen LogP) is 1.87. The van der Waals surface area contributed by atoms with Gasteiger partial charge < -0.3 is 15.8 Å². The van der Waals surface area contributed by atoms with Gasteiger partial charge in [-0.2, -0.15) is 0 Å². The summed E-state index contributed by atoms with van der Waals surface area (Å²) < 4.78 is 5.53. The van der Waals surface area contributed by atoms with Crippen LogP contribution in [0.5, 0.6) is 5.75 Å². The van der Waals surface area contributed by atoms with Crippen LogP contribution in [0.15, 0.2) is 18.2 Å². The Hall–Kier alpha value is -1.71. The van der Waals surface area contributed by atoms with E-state index in [-0.39, 0.29) is 11.9 Å². The smallest absolute Gasteiger partial charge is 0.223 e. The van der Waals surface area contributed by atoms with E-state index in [1.807, 2.05) is 32.9 Å². The third kappa shape index (κ3) is 4.76. The van der Waals surface area contributed by atoms with Crippen molar-refractivity contribution < 1.29 is 9.53 Å². The summed E-state index contributed by atoms with van der Waals surface area (Å²) in [4.78, 5) is 11.4. The molecule has 1 amide bonds. The van der Waals surface area contributed by atoms with E-state index in [0.717, 1.165) is 11.3 Å². The first-order valence-corrected chi connectivity index (χ1v) is 5.77. The molecule has 0 fully saturated rings. The third-order valence-electron chi connectivity index (χ3n) is 2.25. The molecule has 0 unspecified atom stereocenters. The average molecular weight is 236 g/mol. The van der Waals surface area contributed by atoms with E-state index < -0.39 is 0 Å². The zero-order valence-electron chi connectivity index (χ0n) is 10.6. The van der Waals surface area contributed by atoms with Crippen LogP contribution in [0.2, 0.25) is 0 Å². The zero-order chi connectivity index (χ0) is 12.8. The van der Waals surface area contributed by atoms with Crippen molar-refractivity contribution >= 4 is 11.6 Å². The second-order valence-corrected chi connectivity index (χ2v) is 4.35. The summed E-state index contributed by atoms with van der Waals surface area (Å²) in [6, 6.07) is 5.67.